The van der Waals surface area contributed by atoms with Crippen molar-refractivity contribution in [2.24, 2.45) is 0 Å². The molecule has 0 aliphatic heterocycles. The summed E-state index contributed by atoms with van der Waals surface area (Å²) in [6.07, 6.45) is 1.62. The van der Waals surface area contributed by atoms with E-state index >= 15 is 0 Å². The molecule has 0 saturated carbocycles. The largest absolute Gasteiger partial charge is 0.480 e. The van der Waals surface area contributed by atoms with E-state index in [0.717, 1.165) is 90.7 Å². The van der Waals surface area contributed by atoms with Gasteiger partial charge < -0.3 is 74.5 Å². The van der Waals surface area contributed by atoms with Crippen molar-refractivity contribution < 1.29 is 111 Å². The first-order chi connectivity index (χ1) is 61.6. The van der Waals surface area contributed by atoms with Crippen molar-refractivity contribution in [3.63, 3.8) is 0 Å². The number of aliphatic carboxylic acids is 3. The Kier molecular flexibility index (Phi) is 37.7. The number of Topliss-reactive ketones (excluding diaryl/α,β-unsaturated/α-hetero) is 1. The second kappa shape index (κ2) is 47.9. The van der Waals surface area contributed by atoms with Gasteiger partial charge >= 0.3 is 66.2 Å². The van der Waals surface area contributed by atoms with Gasteiger partial charge in [-0.3, -0.25) is 24.0 Å². The summed E-state index contributed by atoms with van der Waals surface area (Å²) in [6, 6.07) is 60.1. The Hall–Kier alpha value is -13.2. The van der Waals surface area contributed by atoms with Gasteiger partial charge in [0, 0.05) is 49.4 Å². The highest BCUT2D eigenvalue weighted by Gasteiger charge is 2.36. The van der Waals surface area contributed by atoms with Gasteiger partial charge in [0.05, 0.1) is 6.04 Å². The van der Waals surface area contributed by atoms with Crippen LogP contribution in [0.4, 0.5) is 19.2 Å². The number of hydrogen-bond acceptors (Lipinski definition) is 20. The average molecular weight is 1800 g/mol. The standard InChI is InChI=1S/C28H35NO5.C26H31NO6.C25H29NO6.C24H27NO6.CH4/c1-19(30)25(16-6-5-7-17-26(31)34-28(2,3)4)29-27(32)33-18-24-22-14-10-8-12-20(22)21-13-9-11-15-23(21)24;1-26(2,3)33-23(28)15-9-8-14-22(24(29)30)27-25(31)32-16-21-19-12-6-4-10-17(19)18-11-5-7-13-20(18)21;1-25(2,3)32-22(27)14-8-13-21(23(28)29)26-24(30)31-15-20-18-11-6-4-9-16(18)17-10-5-7-12-19(17)20;1-24(2,3)31-21(26)13-12-20(22(27)28)25-23(29)30-14-19-17-10-6-4-8-15(17)16-9-5-7-11-18(16)19;/h8-15,24-25H,5-7,16-18H2,1-4H3,(H,29,32);4-7,10-13,21-22H,8-9,14-16H2,1-3H3,(H,27,31)(H,29,30);4-7,9-12,20-21H,8,13-15H2,1-3H3,(H,26,30)(H,28,29);4-11,19-20H,12-14H2,1-3H3,(H,25,29)(H,27,28);1H4. The Morgan fingerprint density at radius 3 is 0.695 bits per heavy atom. The fourth-order valence-electron chi connectivity index (χ4n) is 16.0. The van der Waals surface area contributed by atoms with Crippen LogP contribution in [0.2, 0.25) is 0 Å². The molecule has 4 aliphatic carbocycles. The summed E-state index contributed by atoms with van der Waals surface area (Å²) in [6.45, 7) is 23.4. The molecule has 0 bridgehead atoms. The number of alkyl carbamates (subject to hydrolysis) is 4. The van der Waals surface area contributed by atoms with Crippen LogP contribution < -0.4 is 21.3 Å². The van der Waals surface area contributed by atoms with Gasteiger partial charge in [-0.25, -0.2) is 33.6 Å². The Morgan fingerprint density at radius 1 is 0.267 bits per heavy atom. The first-order valence-corrected chi connectivity index (χ1v) is 44.1. The molecule has 4 unspecified atom stereocenters. The minimum absolute atomic E-state index is 0. The highest BCUT2D eigenvalue weighted by Crippen LogP contribution is 2.48. The van der Waals surface area contributed by atoms with E-state index in [4.69, 9.17) is 37.9 Å². The van der Waals surface area contributed by atoms with Crippen molar-refractivity contribution in [3.8, 4) is 44.5 Å². The van der Waals surface area contributed by atoms with Gasteiger partial charge in [0.1, 0.15) is 67.0 Å². The van der Waals surface area contributed by atoms with Gasteiger partial charge in [0.15, 0.2) is 5.78 Å². The molecular weight excluding hydrogens is 1670 g/mol. The topological polar surface area (TPSA) is 387 Å². The van der Waals surface area contributed by atoms with Gasteiger partial charge in [-0.15, -0.1) is 0 Å². The summed E-state index contributed by atoms with van der Waals surface area (Å²) in [5.41, 5.74) is 15.5. The molecule has 0 aromatic heterocycles. The molecule has 0 heterocycles. The lowest BCUT2D eigenvalue weighted by molar-refractivity contribution is -0.156. The minimum Gasteiger partial charge on any atom is -0.480 e. The monoisotopic (exact) mass is 1800 g/mol. The number of ketones is 1. The molecule has 4 atom stereocenters. The van der Waals surface area contributed by atoms with Crippen molar-refractivity contribution in [2.45, 2.75) is 258 Å². The lowest BCUT2D eigenvalue weighted by atomic mass is 9.98. The number of carboxylic acid groups (broad SMARTS) is 3. The smallest absolute Gasteiger partial charge is 0.407 e. The lowest BCUT2D eigenvalue weighted by Crippen LogP contribution is -2.42. The molecule has 8 aromatic rings. The number of carbonyl (C=O) groups is 12. The first kappa shape index (κ1) is 103. The van der Waals surface area contributed by atoms with E-state index < -0.39 is 101 Å². The van der Waals surface area contributed by atoms with Crippen LogP contribution >= 0.6 is 0 Å². The van der Waals surface area contributed by atoms with Gasteiger partial charge in [0.25, 0.3) is 0 Å². The predicted molar refractivity (Wildman–Crippen MR) is 496 cm³/mol. The molecule has 0 spiro atoms. The van der Waals surface area contributed by atoms with Crippen molar-refractivity contribution in [2.75, 3.05) is 26.4 Å². The number of carbonyl (C=O) groups excluding carboxylic acids is 9. The van der Waals surface area contributed by atoms with Crippen LogP contribution in [-0.4, -0.2) is 160 Å². The van der Waals surface area contributed by atoms with Crippen LogP contribution in [0, 0.1) is 0 Å². The van der Waals surface area contributed by atoms with Crippen molar-refractivity contribution in [1.29, 1.82) is 0 Å². The fourth-order valence-corrected chi connectivity index (χ4v) is 16.0. The summed E-state index contributed by atoms with van der Waals surface area (Å²) < 4.78 is 42.7. The molecule has 0 radical (unpaired) electrons. The molecule has 0 saturated heterocycles. The fraction of sp³-hybridized carbons (Fsp3) is 0.423. The molecule has 12 rings (SSSR count). The number of unbranched alkanes of at least 4 members (excludes halogenated alkanes) is 3. The number of ether oxygens (including phenoxy) is 8. The second-order valence-corrected chi connectivity index (χ2v) is 36.3. The van der Waals surface area contributed by atoms with Crippen molar-refractivity contribution in [3.05, 3.63) is 239 Å². The quantitative estimate of drug-likeness (QED) is 0.0112. The maximum absolute atomic E-state index is 12.5. The lowest BCUT2D eigenvalue weighted by Gasteiger charge is -2.20. The third-order valence-electron chi connectivity index (χ3n) is 21.6. The Balaban J connectivity index is 0.000000215. The molecule has 131 heavy (non-hydrogen) atoms. The van der Waals surface area contributed by atoms with E-state index in [1.165, 1.54) is 18.1 Å². The molecule has 4 amide bonds. The van der Waals surface area contributed by atoms with Crippen LogP contribution in [0.5, 0.6) is 0 Å². The van der Waals surface area contributed by atoms with Gasteiger partial charge in [-0.05, 0) is 224 Å². The van der Waals surface area contributed by atoms with Crippen LogP contribution in [0.1, 0.15) is 256 Å². The van der Waals surface area contributed by atoms with Crippen molar-refractivity contribution >= 4 is 71.9 Å². The number of rotatable bonds is 34. The normalized spacial score (nSPS) is 13.5. The SMILES string of the molecule is C.CC(=O)C(CCCCCC(=O)OC(C)(C)C)NC(=O)OCC1c2ccccc2-c2ccccc21.CC(C)(C)OC(=O)CCC(NC(=O)OCC1c2ccccc2-c2ccccc21)C(=O)O.CC(C)(C)OC(=O)CCCC(NC(=O)OCC1c2ccccc2-c2ccccc21)C(=O)O.CC(C)(C)OC(=O)CCCCC(NC(=O)OCC1c2ccccc2-c2ccccc21)C(=O)O. The molecule has 4 aliphatic rings. The van der Waals surface area contributed by atoms with E-state index in [1.807, 2.05) is 191 Å². The minimum atomic E-state index is -1.25. The van der Waals surface area contributed by atoms with E-state index in [-0.39, 0.29) is 120 Å². The second-order valence-electron chi connectivity index (χ2n) is 36.3. The van der Waals surface area contributed by atoms with Gasteiger partial charge in [0.2, 0.25) is 0 Å². The van der Waals surface area contributed by atoms with Crippen LogP contribution in [-0.2, 0) is 76.3 Å². The third kappa shape index (κ3) is 31.6. The number of hydrogen-bond donors (Lipinski definition) is 7. The summed E-state index contributed by atoms with van der Waals surface area (Å²) in [4.78, 5) is 143. The zero-order valence-corrected chi connectivity index (χ0v) is 76.3. The van der Waals surface area contributed by atoms with E-state index in [0.29, 0.717) is 32.1 Å². The summed E-state index contributed by atoms with van der Waals surface area (Å²) in [5.74, 6) is -5.47. The molecule has 27 nitrogen and oxygen atoms in total. The van der Waals surface area contributed by atoms with Gasteiger partial charge in [-0.2, -0.15) is 0 Å². The zero-order chi connectivity index (χ0) is 94.6. The third-order valence-corrected chi connectivity index (χ3v) is 21.6. The van der Waals surface area contributed by atoms with Crippen LogP contribution in [0.3, 0.4) is 0 Å². The number of amides is 4. The molecule has 0 fully saturated rings. The molecule has 8 aromatic carbocycles. The summed E-state index contributed by atoms with van der Waals surface area (Å²) >= 11 is 0. The maximum Gasteiger partial charge on any atom is 0.407 e. The van der Waals surface area contributed by atoms with Crippen molar-refractivity contribution in [1.82, 2.24) is 21.3 Å². The summed E-state index contributed by atoms with van der Waals surface area (Å²) in [5, 5.41) is 38.2. The number of nitrogens with one attached hydrogen (secondary N) is 4. The Labute approximate surface area is 767 Å². The van der Waals surface area contributed by atoms with E-state index in [1.54, 1.807) is 62.3 Å². The number of esters is 4. The van der Waals surface area contributed by atoms with Crippen LogP contribution in [0.25, 0.3) is 44.5 Å². The van der Waals surface area contributed by atoms with Gasteiger partial charge in [-0.1, -0.05) is 221 Å². The van der Waals surface area contributed by atoms with Crippen LogP contribution in [0.15, 0.2) is 194 Å². The summed E-state index contributed by atoms with van der Waals surface area (Å²) in [7, 11) is 0. The number of benzene rings is 8. The molecule has 7 N–H and O–H groups in total. The Bertz CT molecular complexity index is 5120. The highest BCUT2D eigenvalue weighted by molar-refractivity contribution is 5.87. The maximum atomic E-state index is 12.5. The first-order valence-electron chi connectivity index (χ1n) is 44.1. The molecule has 27 heteroatoms. The number of carboxylic acids is 3. The van der Waals surface area contributed by atoms with E-state index in [9.17, 15) is 72.9 Å². The molecular formula is C104H126N4O23. The van der Waals surface area contributed by atoms with E-state index in [2.05, 4.69) is 45.5 Å². The molecule has 700 valence electrons. The number of fused-ring (bicyclic) bond motifs is 12. The zero-order valence-electron chi connectivity index (χ0n) is 76.3. The average Bonchev–Trinajstić information content (AvgIpc) is 1.63. The highest BCUT2D eigenvalue weighted by atomic mass is 16.6. The predicted octanol–water partition coefficient (Wildman–Crippen LogP) is 19.9. The Morgan fingerprint density at radius 2 is 0.458 bits per heavy atom.